The molecule has 0 aliphatic heterocycles. The Morgan fingerprint density at radius 1 is 0.689 bits per heavy atom. The number of ketones is 2. The number of phenols is 4. The number of rotatable bonds is 10. The third-order valence-corrected chi connectivity index (χ3v) is 14.0. The number of benzene rings is 4. The molecule has 2 aliphatic carbocycles. The fourth-order valence-corrected chi connectivity index (χ4v) is 10.4. The Balaban J connectivity index is 1.67. The van der Waals surface area contributed by atoms with Gasteiger partial charge in [-0.05, 0) is 35.1 Å². The number of hydrogen-bond acceptors (Lipinski definition) is 12. The highest BCUT2D eigenvalue weighted by atomic mass is 35.5. The lowest BCUT2D eigenvalue weighted by Crippen LogP contribution is -2.55. The van der Waals surface area contributed by atoms with E-state index in [9.17, 15) is 60.0 Å². The molecule has 0 saturated carbocycles. The van der Waals surface area contributed by atoms with Crippen LogP contribution in [0.3, 0.4) is 0 Å². The average Bonchev–Trinajstić information content (AvgIpc) is 3.20. The van der Waals surface area contributed by atoms with Gasteiger partial charge in [0.25, 0.3) is 0 Å². The van der Waals surface area contributed by atoms with Gasteiger partial charge in [-0.25, -0.2) is 9.59 Å². The second kappa shape index (κ2) is 15.7. The average molecular weight is 882 g/mol. The number of halogens is 2. The maximum absolute atomic E-state index is 14.3. The molecule has 0 fully saturated rings. The minimum absolute atomic E-state index is 0.0179. The van der Waals surface area contributed by atoms with Crippen LogP contribution < -0.4 is 0 Å². The van der Waals surface area contributed by atoms with Gasteiger partial charge in [0.2, 0.25) is 0 Å². The molecule has 0 heterocycles. The van der Waals surface area contributed by atoms with Crippen LogP contribution in [0.4, 0.5) is 0 Å². The van der Waals surface area contributed by atoms with Crippen molar-refractivity contribution in [2.45, 2.75) is 71.0 Å². The summed E-state index contributed by atoms with van der Waals surface area (Å²) in [4.78, 5) is 52.3. The summed E-state index contributed by atoms with van der Waals surface area (Å²) in [6.07, 6.45) is 1.83. The highest BCUT2D eigenvalue weighted by molar-refractivity contribution is 6.39. The van der Waals surface area contributed by atoms with Crippen LogP contribution in [0.2, 0.25) is 10.0 Å². The first-order valence-corrected chi connectivity index (χ1v) is 20.2. The van der Waals surface area contributed by atoms with Gasteiger partial charge in [-0.15, -0.1) is 0 Å². The van der Waals surface area contributed by atoms with E-state index >= 15 is 0 Å². The Morgan fingerprint density at radius 2 is 1.05 bits per heavy atom. The number of carboxylic acid groups (broad SMARTS) is 2. The number of carbonyl (C=O) groups excluding carboxylic acids is 2. The number of fused-ring (bicyclic) bond motifs is 4. The summed E-state index contributed by atoms with van der Waals surface area (Å²) in [6.45, 7) is 9.59. The fraction of sp³-hybridized carbons (Fsp3) is 0.378. The van der Waals surface area contributed by atoms with Gasteiger partial charge in [0.1, 0.15) is 34.5 Å². The molecule has 6 rings (SSSR count). The number of carbonyl (C=O) groups is 4. The zero-order valence-corrected chi connectivity index (χ0v) is 35.9. The summed E-state index contributed by atoms with van der Waals surface area (Å²) < 4.78 is 11.0. The van der Waals surface area contributed by atoms with E-state index in [1.807, 2.05) is 0 Å². The molecule has 16 heteroatoms. The lowest BCUT2D eigenvalue weighted by Gasteiger charge is -2.48. The first kappa shape index (κ1) is 45.0. The third-order valence-electron chi connectivity index (χ3n) is 13.1. The topological polar surface area (TPSA) is 249 Å². The lowest BCUT2D eigenvalue weighted by atomic mass is 9.59. The van der Waals surface area contributed by atoms with Gasteiger partial charge < -0.3 is 50.3 Å². The van der Waals surface area contributed by atoms with Crippen LogP contribution in [0.1, 0.15) is 91.6 Å². The Kier molecular flexibility index (Phi) is 11.6. The number of hydrogen-bond donors (Lipinski definition) is 8. The van der Waals surface area contributed by atoms with E-state index in [4.69, 9.17) is 32.7 Å². The van der Waals surface area contributed by atoms with Crippen molar-refractivity contribution in [2.24, 2.45) is 23.7 Å². The van der Waals surface area contributed by atoms with Crippen LogP contribution in [-0.2, 0) is 19.1 Å². The number of carboxylic acids is 2. The Labute approximate surface area is 359 Å². The van der Waals surface area contributed by atoms with E-state index in [-0.39, 0.29) is 65.4 Å². The molecule has 8 N–H and O–H groups in total. The van der Waals surface area contributed by atoms with E-state index in [1.165, 1.54) is 52.3 Å². The molecule has 0 aromatic heterocycles. The van der Waals surface area contributed by atoms with Crippen molar-refractivity contribution >= 4 is 68.3 Å². The fourth-order valence-electron chi connectivity index (χ4n) is 9.71. The van der Waals surface area contributed by atoms with Crippen molar-refractivity contribution in [2.75, 3.05) is 14.2 Å². The molecule has 0 radical (unpaired) electrons. The normalized spacial score (nSPS) is 24.8. The van der Waals surface area contributed by atoms with Crippen LogP contribution in [0.5, 0.6) is 23.0 Å². The van der Waals surface area contributed by atoms with Crippen molar-refractivity contribution < 1.29 is 69.5 Å². The van der Waals surface area contributed by atoms with Crippen LogP contribution in [0, 0.1) is 23.7 Å². The molecule has 4 aromatic rings. The molecule has 4 aromatic carbocycles. The minimum atomic E-state index is -1.96. The molecule has 2 aliphatic rings. The highest BCUT2D eigenvalue weighted by Crippen LogP contribution is 2.60. The van der Waals surface area contributed by atoms with E-state index in [2.05, 4.69) is 0 Å². The monoisotopic (exact) mass is 880 g/mol. The third kappa shape index (κ3) is 6.28. The summed E-state index contributed by atoms with van der Waals surface area (Å²) in [5.74, 6) is -14.3. The van der Waals surface area contributed by atoms with E-state index in [0.29, 0.717) is 6.42 Å². The number of aliphatic carboxylic acids is 2. The number of aliphatic hydroxyl groups is 2. The largest absolute Gasteiger partial charge is 0.507 e. The Hall–Kier alpha value is -5.54. The number of ether oxygens (including phenoxy) is 2. The smallest absolute Gasteiger partial charge is 0.331 e. The predicted molar refractivity (Wildman–Crippen MR) is 226 cm³/mol. The van der Waals surface area contributed by atoms with Crippen LogP contribution in [0.25, 0.3) is 32.7 Å². The number of phenolic OH excluding ortho intramolecular Hbond substituents is 4. The number of Topliss-reactive ketones (excluding diaryl/α,β-unsaturated/α-hetero) is 2. The molecule has 0 amide bonds. The molecule has 14 nitrogen and oxygen atoms in total. The zero-order chi connectivity index (χ0) is 45.5. The van der Waals surface area contributed by atoms with Crippen molar-refractivity contribution in [3.8, 4) is 34.1 Å². The van der Waals surface area contributed by atoms with Crippen LogP contribution in [0.15, 0.2) is 47.9 Å². The molecule has 7 atom stereocenters. The van der Waals surface area contributed by atoms with Crippen molar-refractivity contribution in [1.29, 1.82) is 0 Å². The molecule has 7 unspecified atom stereocenters. The van der Waals surface area contributed by atoms with Gasteiger partial charge in [-0.3, -0.25) is 9.59 Å². The summed E-state index contributed by atoms with van der Waals surface area (Å²) in [7, 11) is 2.39. The molecular weight excluding hydrogens is 835 g/mol. The molecule has 61 heavy (non-hydrogen) atoms. The first-order valence-electron chi connectivity index (χ1n) is 19.4. The van der Waals surface area contributed by atoms with Gasteiger partial charge in [-0.1, -0.05) is 83.3 Å². The van der Waals surface area contributed by atoms with Crippen LogP contribution >= 0.6 is 23.2 Å². The quantitative estimate of drug-likeness (QED) is 0.0555. The summed E-state index contributed by atoms with van der Waals surface area (Å²) in [6, 6.07) is 5.39. The first-order chi connectivity index (χ1) is 28.5. The van der Waals surface area contributed by atoms with Gasteiger partial charge in [0, 0.05) is 33.7 Å². The van der Waals surface area contributed by atoms with E-state index < -0.39 is 104 Å². The maximum atomic E-state index is 14.3. The van der Waals surface area contributed by atoms with Crippen LogP contribution in [-0.4, -0.2) is 89.8 Å². The number of aromatic hydroxyl groups is 4. The molecule has 0 spiro atoms. The van der Waals surface area contributed by atoms with Crippen molar-refractivity contribution in [3.05, 3.63) is 80.2 Å². The van der Waals surface area contributed by atoms with Gasteiger partial charge >= 0.3 is 11.9 Å². The van der Waals surface area contributed by atoms with E-state index in [0.717, 1.165) is 12.2 Å². The van der Waals surface area contributed by atoms with Crippen molar-refractivity contribution in [3.63, 3.8) is 0 Å². The second-order valence-corrected chi connectivity index (χ2v) is 16.9. The SMILES string of the molecule is CCC(C)C1(O)C(C)C(=O)c2c(c(Cl)c3ccc(-c4ccc5c(Cl)c6c(c(O)c5c4O)C(=O)C(C)C(O)(C(C)C)C6/C(=C/C(=O)O)OC)c(O)c3c2O)C1/C(=C\C(=O)O)OC. The Morgan fingerprint density at radius 3 is 1.38 bits per heavy atom. The zero-order valence-electron chi connectivity index (χ0n) is 34.4. The highest BCUT2D eigenvalue weighted by Gasteiger charge is 2.58. The lowest BCUT2D eigenvalue weighted by molar-refractivity contribution is -0.132. The second-order valence-electron chi connectivity index (χ2n) is 16.1. The molecule has 0 bridgehead atoms. The maximum Gasteiger partial charge on any atom is 0.331 e. The van der Waals surface area contributed by atoms with E-state index in [1.54, 1.807) is 27.7 Å². The summed E-state index contributed by atoms with van der Waals surface area (Å²) in [5.41, 5.74) is -5.23. The molecule has 324 valence electrons. The summed E-state index contributed by atoms with van der Waals surface area (Å²) in [5, 5.41) is 90.8. The predicted octanol–water partition coefficient (Wildman–Crippen LogP) is 8.02. The molecule has 0 saturated heterocycles. The molecular formula is C45H46Cl2O14. The standard InChI is InChI=1S/C45H46Cl2O14/c1-9-17(4)45(59)19(6)39(53)33-31(35(45)25(61-8)15-27(50)51)37(47)23-13-11-21(41(55)29(23)43(33)57)20-10-12-22-28(40(20)54)42(56)32-30(36(22)46)34(24(60-7)14-26(48)49)44(58,16(2)3)18(5)38(32)52/h10-19,34-35,54-59H,9H2,1-8H3,(H,48,49)(H,50,51)/b24-14-,25-15+. The van der Waals surface area contributed by atoms with Gasteiger partial charge in [-0.2, -0.15) is 0 Å². The Bertz CT molecular complexity index is 2650. The number of methoxy groups -OCH3 is 2. The summed E-state index contributed by atoms with van der Waals surface area (Å²) >= 11 is 14.1. The van der Waals surface area contributed by atoms with Crippen molar-refractivity contribution in [1.82, 2.24) is 0 Å². The minimum Gasteiger partial charge on any atom is -0.507 e. The van der Waals surface area contributed by atoms with Gasteiger partial charge in [0.05, 0.1) is 81.4 Å². The van der Waals surface area contributed by atoms with Gasteiger partial charge in [0.15, 0.2) is 11.6 Å².